The summed E-state index contributed by atoms with van der Waals surface area (Å²) in [4.78, 5) is 22.6. The lowest BCUT2D eigenvalue weighted by atomic mass is 10.1. The number of nitrogens with zero attached hydrogens (tertiary/aromatic N) is 6. The van der Waals surface area contributed by atoms with Gasteiger partial charge in [-0.3, -0.25) is 0 Å². The van der Waals surface area contributed by atoms with Crippen LogP contribution >= 0.6 is 0 Å². The smallest absolute Gasteiger partial charge is 0.317 e. The van der Waals surface area contributed by atoms with Crippen molar-refractivity contribution >= 4 is 17.1 Å². The molecule has 154 valence electrons. The minimum Gasteiger partial charge on any atom is -0.338 e. The van der Waals surface area contributed by atoms with Crippen molar-refractivity contribution < 1.29 is 4.79 Å². The molecule has 1 atom stereocenters. The molecule has 0 aliphatic carbocycles. The molecule has 0 spiro atoms. The molecule has 8 heteroatoms. The predicted molar refractivity (Wildman–Crippen MR) is 115 cm³/mol. The fourth-order valence-corrected chi connectivity index (χ4v) is 3.40. The van der Waals surface area contributed by atoms with Gasteiger partial charge in [-0.05, 0) is 43.2 Å². The summed E-state index contributed by atoms with van der Waals surface area (Å²) in [5, 5.41) is 7.13. The molecule has 2 amide bonds. The van der Waals surface area contributed by atoms with Crippen LogP contribution in [0.3, 0.4) is 0 Å². The lowest BCUT2D eigenvalue weighted by Gasteiger charge is -2.25. The Morgan fingerprint density at radius 3 is 2.70 bits per heavy atom. The number of imidazole rings is 1. The van der Waals surface area contributed by atoms with Gasteiger partial charge in [0.15, 0.2) is 0 Å². The third-order valence-electron chi connectivity index (χ3n) is 5.34. The first-order chi connectivity index (χ1) is 14.6. The monoisotopic (exact) mass is 403 g/mol. The third-order valence-corrected chi connectivity index (χ3v) is 5.34. The highest BCUT2D eigenvalue weighted by atomic mass is 16.2. The average molecular weight is 403 g/mol. The minimum atomic E-state index is -0.0849. The van der Waals surface area contributed by atoms with Crippen LogP contribution in [0.15, 0.2) is 67.5 Å². The number of rotatable bonds is 7. The van der Waals surface area contributed by atoms with Gasteiger partial charge in [-0.1, -0.05) is 24.3 Å². The van der Waals surface area contributed by atoms with Gasteiger partial charge in [0.2, 0.25) is 0 Å². The zero-order valence-corrected chi connectivity index (χ0v) is 17.1. The van der Waals surface area contributed by atoms with Crippen molar-refractivity contribution in [2.45, 2.75) is 25.9 Å². The average Bonchev–Trinajstić information content (AvgIpc) is 3.46. The molecule has 0 saturated heterocycles. The van der Waals surface area contributed by atoms with E-state index in [1.54, 1.807) is 15.9 Å². The number of nitrogens with one attached hydrogen (secondary N) is 1. The van der Waals surface area contributed by atoms with E-state index in [4.69, 9.17) is 0 Å². The van der Waals surface area contributed by atoms with E-state index in [-0.39, 0.29) is 12.1 Å². The van der Waals surface area contributed by atoms with E-state index >= 15 is 0 Å². The fraction of sp³-hybridized carbons (Fsp3) is 0.273. The van der Waals surface area contributed by atoms with E-state index in [0.29, 0.717) is 6.54 Å². The highest BCUT2D eigenvalue weighted by Crippen LogP contribution is 2.20. The number of hydrogen-bond donors (Lipinski definition) is 1. The van der Waals surface area contributed by atoms with Crippen molar-refractivity contribution in [3.05, 3.63) is 73.1 Å². The van der Waals surface area contributed by atoms with Gasteiger partial charge in [-0.25, -0.2) is 19.4 Å². The number of aryl methyl sites for hydroxylation is 1. The molecule has 2 aromatic carbocycles. The molecule has 4 aromatic rings. The molecular weight excluding hydrogens is 378 g/mol. The molecular formula is C22H25N7O. The molecule has 0 radical (unpaired) electrons. The Kier molecular flexibility index (Phi) is 5.74. The molecule has 0 aliphatic heterocycles. The molecule has 1 N–H and O–H groups in total. The number of para-hydroxylation sites is 2. The van der Waals surface area contributed by atoms with Crippen molar-refractivity contribution in [2.24, 2.45) is 0 Å². The van der Waals surface area contributed by atoms with Crippen LogP contribution in [0.4, 0.5) is 4.79 Å². The highest BCUT2D eigenvalue weighted by Gasteiger charge is 2.17. The largest absolute Gasteiger partial charge is 0.338 e. The van der Waals surface area contributed by atoms with E-state index in [0.717, 1.165) is 35.2 Å². The Hall–Kier alpha value is -3.68. The number of amides is 2. The molecule has 0 saturated carbocycles. The number of aromatic nitrogens is 5. The molecule has 30 heavy (non-hydrogen) atoms. The summed E-state index contributed by atoms with van der Waals surface area (Å²) in [6.45, 7) is 3.43. The van der Waals surface area contributed by atoms with E-state index in [1.807, 2.05) is 62.8 Å². The lowest BCUT2D eigenvalue weighted by molar-refractivity contribution is 0.194. The molecule has 8 nitrogen and oxygen atoms in total. The zero-order valence-electron chi connectivity index (χ0n) is 17.1. The van der Waals surface area contributed by atoms with Crippen LogP contribution in [0.2, 0.25) is 0 Å². The molecule has 0 fully saturated rings. The van der Waals surface area contributed by atoms with Crippen LogP contribution in [-0.2, 0) is 6.54 Å². The molecule has 2 aromatic heterocycles. The van der Waals surface area contributed by atoms with Crippen LogP contribution in [0, 0.1) is 0 Å². The van der Waals surface area contributed by atoms with Crippen LogP contribution in [0.25, 0.3) is 16.7 Å². The molecule has 1 unspecified atom stereocenters. The first-order valence-electron chi connectivity index (χ1n) is 9.99. The first kappa shape index (κ1) is 19.6. The Labute approximate surface area is 175 Å². The second-order valence-electron chi connectivity index (χ2n) is 7.23. The summed E-state index contributed by atoms with van der Waals surface area (Å²) in [7, 11) is 1.81. The third kappa shape index (κ3) is 4.17. The summed E-state index contributed by atoms with van der Waals surface area (Å²) in [5.74, 6) is 0. The number of hydrogen-bond acceptors (Lipinski definition) is 4. The van der Waals surface area contributed by atoms with Gasteiger partial charge in [0.25, 0.3) is 0 Å². The highest BCUT2D eigenvalue weighted by molar-refractivity contribution is 5.75. The van der Waals surface area contributed by atoms with E-state index in [1.165, 1.54) is 6.33 Å². The molecule has 0 aliphatic rings. The van der Waals surface area contributed by atoms with Crippen LogP contribution in [0.5, 0.6) is 0 Å². The quantitative estimate of drug-likeness (QED) is 0.480. The van der Waals surface area contributed by atoms with Gasteiger partial charge in [0, 0.05) is 20.1 Å². The second kappa shape index (κ2) is 8.77. The maximum absolute atomic E-state index is 12.6. The van der Waals surface area contributed by atoms with Crippen molar-refractivity contribution in [3.63, 3.8) is 0 Å². The minimum absolute atomic E-state index is 0.0487. The summed E-state index contributed by atoms with van der Waals surface area (Å²) in [5.41, 5.74) is 4.10. The van der Waals surface area contributed by atoms with Gasteiger partial charge in [-0.2, -0.15) is 5.10 Å². The summed E-state index contributed by atoms with van der Waals surface area (Å²) >= 11 is 0. The zero-order chi connectivity index (χ0) is 20.9. The lowest BCUT2D eigenvalue weighted by Crippen LogP contribution is -2.39. The van der Waals surface area contributed by atoms with Crippen LogP contribution < -0.4 is 5.32 Å². The van der Waals surface area contributed by atoms with Crippen molar-refractivity contribution in [2.75, 3.05) is 13.6 Å². The standard InChI is InChI=1S/C22H25N7O/c1-17(18-8-10-19(11-9-18)29-15-23-14-26-29)27(2)22(30)24-12-5-13-28-16-25-20-6-3-4-7-21(20)28/h3-4,6-11,14-17H,5,12-13H2,1-2H3,(H,24,30). The predicted octanol–water partition coefficient (Wildman–Crippen LogP) is 3.41. The first-order valence-corrected chi connectivity index (χ1v) is 9.99. The summed E-state index contributed by atoms with van der Waals surface area (Å²) in [6.07, 6.45) is 5.85. The van der Waals surface area contributed by atoms with Crippen molar-refractivity contribution in [1.82, 2.24) is 34.5 Å². The molecule has 0 bridgehead atoms. The van der Waals surface area contributed by atoms with Crippen molar-refractivity contribution in [1.29, 1.82) is 0 Å². The number of fused-ring (bicyclic) bond motifs is 1. The molecule has 2 heterocycles. The van der Waals surface area contributed by atoms with Gasteiger partial charge >= 0.3 is 6.03 Å². The SMILES string of the molecule is CC(c1ccc(-n2cncn2)cc1)N(C)C(=O)NCCCn1cnc2ccccc21. The molecule has 4 rings (SSSR count). The van der Waals surface area contributed by atoms with E-state index in [9.17, 15) is 4.79 Å². The maximum atomic E-state index is 12.6. The van der Waals surface area contributed by atoms with E-state index < -0.39 is 0 Å². The van der Waals surface area contributed by atoms with Crippen LogP contribution in [0.1, 0.15) is 24.9 Å². The topological polar surface area (TPSA) is 80.9 Å². The second-order valence-corrected chi connectivity index (χ2v) is 7.23. The van der Waals surface area contributed by atoms with Crippen molar-refractivity contribution in [3.8, 4) is 5.69 Å². The van der Waals surface area contributed by atoms with Crippen LogP contribution in [-0.4, -0.2) is 48.8 Å². The van der Waals surface area contributed by atoms with Gasteiger partial charge < -0.3 is 14.8 Å². The van der Waals surface area contributed by atoms with Gasteiger partial charge in [0.05, 0.1) is 29.1 Å². The Morgan fingerprint density at radius 1 is 1.13 bits per heavy atom. The number of carbonyl (C=O) groups excluding carboxylic acids is 1. The summed E-state index contributed by atoms with van der Waals surface area (Å²) < 4.78 is 3.82. The normalized spacial score (nSPS) is 12.1. The Morgan fingerprint density at radius 2 is 1.93 bits per heavy atom. The fourth-order valence-electron chi connectivity index (χ4n) is 3.40. The van der Waals surface area contributed by atoms with Gasteiger partial charge in [-0.15, -0.1) is 0 Å². The Balaban J connectivity index is 1.27. The van der Waals surface area contributed by atoms with E-state index in [2.05, 4.69) is 31.0 Å². The number of urea groups is 1. The Bertz CT molecular complexity index is 1100. The maximum Gasteiger partial charge on any atom is 0.317 e. The van der Waals surface area contributed by atoms with Gasteiger partial charge in [0.1, 0.15) is 12.7 Å². The summed E-state index contributed by atoms with van der Waals surface area (Å²) in [6, 6.07) is 15.9. The number of carbonyl (C=O) groups is 1. The number of benzene rings is 2.